The van der Waals surface area contributed by atoms with E-state index in [1.807, 2.05) is 32.0 Å². The van der Waals surface area contributed by atoms with Crippen LogP contribution in [0.25, 0.3) is 0 Å². The first-order valence-electron chi connectivity index (χ1n) is 8.51. The van der Waals surface area contributed by atoms with Gasteiger partial charge in [0.15, 0.2) is 0 Å². The topological polar surface area (TPSA) is 49.4 Å². The standard InChI is InChI=1S/C20H19F3N2O2/c1-12-5-3-8-17(13(12)2)25-11-14(9-18(25)26)19(27)24-16-7-4-6-15(10-16)20(21,22)23/h3-8,10,14H,9,11H2,1-2H3,(H,24,27). The van der Waals surface area contributed by atoms with Crippen LogP contribution in [0.4, 0.5) is 24.5 Å². The summed E-state index contributed by atoms with van der Waals surface area (Å²) in [5.41, 5.74) is 1.99. The Hall–Kier alpha value is -2.83. The number of amides is 2. The first-order chi connectivity index (χ1) is 12.7. The van der Waals surface area contributed by atoms with E-state index >= 15 is 0 Å². The number of nitrogens with zero attached hydrogens (tertiary/aromatic N) is 1. The molecule has 4 nitrogen and oxygen atoms in total. The number of hydrogen-bond acceptors (Lipinski definition) is 2. The van der Waals surface area contributed by atoms with Gasteiger partial charge >= 0.3 is 6.18 Å². The van der Waals surface area contributed by atoms with Crippen molar-refractivity contribution in [2.75, 3.05) is 16.8 Å². The van der Waals surface area contributed by atoms with Crippen LogP contribution in [0.5, 0.6) is 0 Å². The molecular weight excluding hydrogens is 357 g/mol. The smallest absolute Gasteiger partial charge is 0.326 e. The lowest BCUT2D eigenvalue weighted by Gasteiger charge is -2.20. The maximum Gasteiger partial charge on any atom is 0.416 e. The summed E-state index contributed by atoms with van der Waals surface area (Å²) in [5, 5.41) is 2.50. The van der Waals surface area contributed by atoms with E-state index in [0.717, 1.165) is 28.9 Å². The Kier molecular flexibility index (Phi) is 4.95. The van der Waals surface area contributed by atoms with E-state index in [2.05, 4.69) is 5.32 Å². The number of halogens is 3. The van der Waals surface area contributed by atoms with Gasteiger partial charge in [-0.05, 0) is 49.2 Å². The quantitative estimate of drug-likeness (QED) is 0.868. The maximum atomic E-state index is 12.8. The molecule has 2 aromatic carbocycles. The molecule has 2 amide bonds. The Morgan fingerprint density at radius 3 is 2.56 bits per heavy atom. The monoisotopic (exact) mass is 376 g/mol. The second-order valence-corrected chi connectivity index (χ2v) is 6.69. The Morgan fingerprint density at radius 1 is 1.15 bits per heavy atom. The molecule has 0 spiro atoms. The predicted molar refractivity (Wildman–Crippen MR) is 96.4 cm³/mol. The van der Waals surface area contributed by atoms with Crippen molar-refractivity contribution in [2.45, 2.75) is 26.4 Å². The number of aryl methyl sites for hydroxylation is 1. The van der Waals surface area contributed by atoms with Crippen molar-refractivity contribution in [1.82, 2.24) is 0 Å². The van der Waals surface area contributed by atoms with Crippen LogP contribution < -0.4 is 10.2 Å². The Labute approximate surface area is 155 Å². The predicted octanol–water partition coefficient (Wildman–Crippen LogP) is 4.31. The van der Waals surface area contributed by atoms with Gasteiger partial charge in [0, 0.05) is 24.3 Å². The van der Waals surface area contributed by atoms with E-state index in [1.165, 1.54) is 12.1 Å². The maximum absolute atomic E-state index is 12.8. The molecular formula is C20H19F3N2O2. The average Bonchev–Trinajstić information content (AvgIpc) is 2.99. The third-order valence-electron chi connectivity index (χ3n) is 4.82. The number of carbonyl (C=O) groups is 2. The molecule has 142 valence electrons. The molecule has 1 aliphatic rings. The van der Waals surface area contributed by atoms with E-state index in [1.54, 1.807) is 4.90 Å². The third-order valence-corrected chi connectivity index (χ3v) is 4.82. The van der Waals surface area contributed by atoms with Crippen LogP contribution in [-0.2, 0) is 15.8 Å². The lowest BCUT2D eigenvalue weighted by molar-refractivity contribution is -0.137. The number of rotatable bonds is 3. The van der Waals surface area contributed by atoms with Crippen LogP contribution in [0.3, 0.4) is 0 Å². The summed E-state index contributed by atoms with van der Waals surface area (Å²) in [5.74, 6) is -1.25. The second kappa shape index (κ2) is 7.06. The van der Waals surface area contributed by atoms with Gasteiger partial charge in [-0.25, -0.2) is 0 Å². The summed E-state index contributed by atoms with van der Waals surface area (Å²) < 4.78 is 38.4. The fraction of sp³-hybridized carbons (Fsp3) is 0.300. The van der Waals surface area contributed by atoms with E-state index in [-0.39, 0.29) is 24.6 Å². The number of alkyl halides is 3. The van der Waals surface area contributed by atoms with E-state index in [0.29, 0.717) is 0 Å². The lowest BCUT2D eigenvalue weighted by Crippen LogP contribution is -2.28. The molecule has 0 radical (unpaired) electrons. The van der Waals surface area contributed by atoms with Crippen molar-refractivity contribution >= 4 is 23.2 Å². The second-order valence-electron chi connectivity index (χ2n) is 6.69. The van der Waals surface area contributed by atoms with Gasteiger partial charge in [0.05, 0.1) is 11.5 Å². The van der Waals surface area contributed by atoms with Crippen LogP contribution in [0.15, 0.2) is 42.5 Å². The van der Waals surface area contributed by atoms with Gasteiger partial charge in [-0.3, -0.25) is 9.59 Å². The van der Waals surface area contributed by atoms with E-state index in [4.69, 9.17) is 0 Å². The number of carbonyl (C=O) groups excluding carboxylic acids is 2. The van der Waals surface area contributed by atoms with E-state index in [9.17, 15) is 22.8 Å². The number of benzene rings is 2. The highest BCUT2D eigenvalue weighted by Gasteiger charge is 2.36. The van der Waals surface area contributed by atoms with Gasteiger partial charge in [0.2, 0.25) is 11.8 Å². The number of anilines is 2. The van der Waals surface area contributed by atoms with Gasteiger partial charge in [-0.2, -0.15) is 13.2 Å². The lowest BCUT2D eigenvalue weighted by atomic mass is 10.1. The van der Waals surface area contributed by atoms with Gasteiger partial charge in [0.25, 0.3) is 0 Å². The highest BCUT2D eigenvalue weighted by Crippen LogP contribution is 2.32. The minimum Gasteiger partial charge on any atom is -0.326 e. The zero-order valence-electron chi connectivity index (χ0n) is 14.9. The van der Waals surface area contributed by atoms with Gasteiger partial charge in [-0.15, -0.1) is 0 Å². The summed E-state index contributed by atoms with van der Waals surface area (Å²) in [7, 11) is 0. The van der Waals surface area contributed by atoms with Crippen molar-refractivity contribution in [3.8, 4) is 0 Å². The van der Waals surface area contributed by atoms with Crippen LogP contribution in [0.2, 0.25) is 0 Å². The Morgan fingerprint density at radius 2 is 1.85 bits per heavy atom. The molecule has 27 heavy (non-hydrogen) atoms. The SMILES string of the molecule is Cc1cccc(N2CC(C(=O)Nc3cccc(C(F)(F)F)c3)CC2=O)c1C. The molecule has 7 heteroatoms. The summed E-state index contributed by atoms with van der Waals surface area (Å²) in [6, 6.07) is 10.1. The minimum absolute atomic E-state index is 0.0260. The largest absolute Gasteiger partial charge is 0.416 e. The van der Waals surface area contributed by atoms with Crippen molar-refractivity contribution in [1.29, 1.82) is 0 Å². The van der Waals surface area contributed by atoms with Crippen molar-refractivity contribution in [3.63, 3.8) is 0 Å². The van der Waals surface area contributed by atoms with Crippen molar-refractivity contribution < 1.29 is 22.8 Å². The summed E-state index contributed by atoms with van der Waals surface area (Å²) in [6.45, 7) is 4.05. The highest BCUT2D eigenvalue weighted by atomic mass is 19.4. The number of hydrogen-bond donors (Lipinski definition) is 1. The summed E-state index contributed by atoms with van der Waals surface area (Å²) >= 11 is 0. The van der Waals surface area contributed by atoms with Crippen molar-refractivity contribution in [3.05, 3.63) is 59.2 Å². The zero-order chi connectivity index (χ0) is 19.8. The van der Waals surface area contributed by atoms with Gasteiger partial charge in [-0.1, -0.05) is 18.2 Å². The fourth-order valence-electron chi connectivity index (χ4n) is 3.16. The first kappa shape index (κ1) is 18.9. The molecule has 1 heterocycles. The normalized spacial score (nSPS) is 17.3. The van der Waals surface area contributed by atoms with E-state index < -0.39 is 23.6 Å². The molecule has 0 aliphatic carbocycles. The molecule has 1 atom stereocenters. The van der Waals surface area contributed by atoms with Gasteiger partial charge in [0.1, 0.15) is 0 Å². The van der Waals surface area contributed by atoms with Crippen LogP contribution in [0, 0.1) is 19.8 Å². The third kappa shape index (κ3) is 3.97. The van der Waals surface area contributed by atoms with Crippen LogP contribution in [-0.4, -0.2) is 18.4 Å². The molecule has 2 aromatic rings. The summed E-state index contributed by atoms with van der Waals surface area (Å²) in [6.07, 6.45) is -4.46. The molecule has 0 bridgehead atoms. The Balaban J connectivity index is 1.74. The molecule has 1 aliphatic heterocycles. The molecule has 3 rings (SSSR count). The molecule has 1 N–H and O–H groups in total. The van der Waals surface area contributed by atoms with Crippen LogP contribution in [0.1, 0.15) is 23.1 Å². The molecule has 1 fully saturated rings. The molecule has 0 aromatic heterocycles. The van der Waals surface area contributed by atoms with Crippen LogP contribution >= 0.6 is 0 Å². The first-order valence-corrected chi connectivity index (χ1v) is 8.51. The Bertz CT molecular complexity index is 893. The zero-order valence-corrected chi connectivity index (χ0v) is 14.9. The number of nitrogens with one attached hydrogen (secondary N) is 1. The summed E-state index contributed by atoms with van der Waals surface area (Å²) in [4.78, 5) is 26.4. The average molecular weight is 376 g/mol. The minimum atomic E-state index is -4.48. The van der Waals surface area contributed by atoms with Gasteiger partial charge < -0.3 is 10.2 Å². The molecule has 1 unspecified atom stereocenters. The highest BCUT2D eigenvalue weighted by molar-refractivity contribution is 6.03. The molecule has 0 saturated carbocycles. The van der Waals surface area contributed by atoms with Crippen molar-refractivity contribution in [2.24, 2.45) is 5.92 Å². The fourth-order valence-corrected chi connectivity index (χ4v) is 3.16. The molecule has 1 saturated heterocycles.